The van der Waals surface area contributed by atoms with Crippen LogP contribution >= 0.6 is 0 Å². The van der Waals surface area contributed by atoms with Crippen molar-refractivity contribution in [2.45, 2.75) is 83.3 Å². The molecule has 192 valence electrons. The molecule has 4 aliphatic carbocycles. The SMILES string of the molecule is CC(F)(F)S(=O)(=O)OC1=CC[C@H]2[C@@H]3CC=C4C[C@@H](OC(=O)C(F)(F)F)CC[C@]4(C)[C@H]3CC[C@]12C. The Labute approximate surface area is 195 Å². The van der Waals surface area contributed by atoms with Gasteiger partial charge in [0, 0.05) is 18.8 Å². The molecular weight excluding hydrogens is 483 g/mol. The van der Waals surface area contributed by atoms with E-state index in [2.05, 4.69) is 6.92 Å². The van der Waals surface area contributed by atoms with Gasteiger partial charge < -0.3 is 8.92 Å². The Morgan fingerprint density at radius 3 is 2.26 bits per heavy atom. The Bertz CT molecular complexity index is 1030. The van der Waals surface area contributed by atoms with Gasteiger partial charge in [-0.3, -0.25) is 0 Å². The van der Waals surface area contributed by atoms with Crippen LogP contribution in [0.5, 0.6) is 0 Å². The molecule has 2 saturated carbocycles. The smallest absolute Gasteiger partial charge is 0.455 e. The molecule has 0 N–H and O–H groups in total. The van der Waals surface area contributed by atoms with E-state index >= 15 is 0 Å². The summed E-state index contributed by atoms with van der Waals surface area (Å²) in [5.74, 6) is -1.70. The maximum atomic E-state index is 13.5. The molecular formula is C23H29F5O5S. The number of hydrogen-bond acceptors (Lipinski definition) is 5. The van der Waals surface area contributed by atoms with Crippen LogP contribution in [0.4, 0.5) is 22.0 Å². The lowest BCUT2D eigenvalue weighted by Crippen LogP contribution is -2.50. The number of ether oxygens (including phenoxy) is 1. The van der Waals surface area contributed by atoms with Crippen molar-refractivity contribution in [3.8, 4) is 0 Å². The van der Waals surface area contributed by atoms with Gasteiger partial charge in [-0.2, -0.15) is 30.4 Å². The van der Waals surface area contributed by atoms with E-state index in [9.17, 15) is 35.2 Å². The van der Waals surface area contributed by atoms with E-state index in [4.69, 9.17) is 8.92 Å². The van der Waals surface area contributed by atoms with Crippen LogP contribution in [-0.2, 0) is 23.8 Å². The summed E-state index contributed by atoms with van der Waals surface area (Å²) in [5.41, 5.74) is 0.0530. The topological polar surface area (TPSA) is 69.7 Å². The van der Waals surface area contributed by atoms with Crippen molar-refractivity contribution < 1.29 is 44.1 Å². The van der Waals surface area contributed by atoms with E-state index in [-0.39, 0.29) is 35.3 Å². The van der Waals surface area contributed by atoms with Gasteiger partial charge in [0.2, 0.25) is 0 Å². The molecule has 0 amide bonds. The van der Waals surface area contributed by atoms with Crippen molar-refractivity contribution >= 4 is 16.1 Å². The van der Waals surface area contributed by atoms with E-state index in [1.165, 1.54) is 0 Å². The van der Waals surface area contributed by atoms with Crippen LogP contribution in [0, 0.1) is 28.6 Å². The number of allylic oxidation sites excluding steroid dienone is 3. The Hall–Kier alpha value is -1.65. The zero-order valence-corrected chi connectivity index (χ0v) is 20.1. The molecule has 0 aromatic rings. The zero-order chi connectivity index (χ0) is 25.3. The number of fused-ring (bicyclic) bond motifs is 5. The van der Waals surface area contributed by atoms with Crippen molar-refractivity contribution in [1.29, 1.82) is 0 Å². The highest BCUT2D eigenvalue weighted by molar-refractivity contribution is 7.87. The zero-order valence-electron chi connectivity index (χ0n) is 19.3. The third-order valence-corrected chi connectivity index (χ3v) is 9.99. The molecule has 11 heteroatoms. The number of hydrogen-bond donors (Lipinski definition) is 0. The summed E-state index contributed by atoms with van der Waals surface area (Å²) in [6.45, 7) is 4.26. The highest BCUT2D eigenvalue weighted by Crippen LogP contribution is 2.65. The number of carbonyl (C=O) groups excluding carboxylic acids is 1. The normalized spacial score (nSPS) is 38.1. The predicted octanol–water partition coefficient (Wildman–Crippen LogP) is 5.88. The molecule has 0 heterocycles. The molecule has 6 atom stereocenters. The quantitative estimate of drug-likeness (QED) is 0.204. The fraction of sp³-hybridized carbons (Fsp3) is 0.783. The summed E-state index contributed by atoms with van der Waals surface area (Å²) in [5, 5.41) is -4.01. The van der Waals surface area contributed by atoms with Gasteiger partial charge in [0.25, 0.3) is 0 Å². The lowest BCUT2D eigenvalue weighted by molar-refractivity contribution is -0.206. The van der Waals surface area contributed by atoms with Gasteiger partial charge in [-0.15, -0.1) is 0 Å². The molecule has 5 nitrogen and oxygen atoms in total. The van der Waals surface area contributed by atoms with Crippen LogP contribution in [0.15, 0.2) is 23.5 Å². The molecule has 4 rings (SSSR count). The van der Waals surface area contributed by atoms with E-state index in [1.54, 1.807) is 6.08 Å². The molecule has 0 bridgehead atoms. The Balaban J connectivity index is 1.51. The number of alkyl halides is 5. The van der Waals surface area contributed by atoms with E-state index in [1.807, 2.05) is 13.0 Å². The van der Waals surface area contributed by atoms with E-state index in [0.29, 0.717) is 45.4 Å². The van der Waals surface area contributed by atoms with Crippen molar-refractivity contribution in [2.75, 3.05) is 0 Å². The van der Waals surface area contributed by atoms with Gasteiger partial charge in [-0.25, -0.2) is 4.79 Å². The van der Waals surface area contributed by atoms with E-state index < -0.39 is 39.0 Å². The third kappa shape index (κ3) is 4.05. The van der Waals surface area contributed by atoms with Crippen LogP contribution in [0.1, 0.15) is 65.7 Å². The monoisotopic (exact) mass is 512 g/mol. The van der Waals surface area contributed by atoms with Crippen molar-refractivity contribution in [3.05, 3.63) is 23.5 Å². The minimum absolute atomic E-state index is 0.0114. The number of halogens is 5. The second-order valence-corrected chi connectivity index (χ2v) is 12.4. The van der Waals surface area contributed by atoms with Gasteiger partial charge in [0.15, 0.2) is 0 Å². The molecule has 4 aliphatic rings. The largest absolute Gasteiger partial charge is 0.490 e. The Kier molecular flexibility index (Phi) is 5.93. The summed E-state index contributed by atoms with van der Waals surface area (Å²) in [6.07, 6.45) is 1.41. The average molecular weight is 513 g/mol. The fourth-order valence-electron chi connectivity index (χ4n) is 6.79. The first kappa shape index (κ1) is 25.4. The van der Waals surface area contributed by atoms with Gasteiger partial charge >= 0.3 is 27.5 Å². The first-order valence-corrected chi connectivity index (χ1v) is 12.9. The van der Waals surface area contributed by atoms with Crippen LogP contribution in [0.25, 0.3) is 0 Å². The third-order valence-electron chi connectivity index (χ3n) is 8.71. The van der Waals surface area contributed by atoms with Gasteiger partial charge in [-0.1, -0.05) is 25.5 Å². The van der Waals surface area contributed by atoms with Crippen molar-refractivity contribution in [2.24, 2.45) is 28.6 Å². The summed E-state index contributed by atoms with van der Waals surface area (Å²) in [6, 6.07) is 0. The fourth-order valence-corrected chi connectivity index (χ4v) is 7.44. The van der Waals surface area contributed by atoms with Crippen LogP contribution in [0.3, 0.4) is 0 Å². The molecule has 0 aliphatic heterocycles. The van der Waals surface area contributed by atoms with Crippen LogP contribution in [-0.4, -0.2) is 31.9 Å². The predicted molar refractivity (Wildman–Crippen MR) is 112 cm³/mol. The van der Waals surface area contributed by atoms with Crippen molar-refractivity contribution in [1.82, 2.24) is 0 Å². The molecule has 0 aromatic carbocycles. The second-order valence-electron chi connectivity index (χ2n) is 10.6. The molecule has 2 fully saturated rings. The van der Waals surface area contributed by atoms with Crippen molar-refractivity contribution in [3.63, 3.8) is 0 Å². The molecule has 0 unspecified atom stereocenters. The summed E-state index contributed by atoms with van der Waals surface area (Å²) in [7, 11) is -5.09. The van der Waals surface area contributed by atoms with Crippen LogP contribution < -0.4 is 0 Å². The second kappa shape index (κ2) is 7.93. The summed E-state index contributed by atoms with van der Waals surface area (Å²) >= 11 is 0. The maximum Gasteiger partial charge on any atom is 0.490 e. The number of rotatable bonds is 4. The highest BCUT2D eigenvalue weighted by Gasteiger charge is 2.59. The molecule has 34 heavy (non-hydrogen) atoms. The minimum Gasteiger partial charge on any atom is -0.455 e. The Morgan fingerprint density at radius 2 is 1.65 bits per heavy atom. The average Bonchev–Trinajstić information content (AvgIpc) is 3.02. The molecule has 0 radical (unpaired) electrons. The van der Waals surface area contributed by atoms with Gasteiger partial charge in [0.1, 0.15) is 11.9 Å². The van der Waals surface area contributed by atoms with E-state index in [0.717, 1.165) is 5.57 Å². The van der Waals surface area contributed by atoms with Gasteiger partial charge in [-0.05, 0) is 67.8 Å². The lowest BCUT2D eigenvalue weighted by atomic mass is 9.48. The molecule has 0 spiro atoms. The lowest BCUT2D eigenvalue weighted by Gasteiger charge is -2.57. The summed E-state index contributed by atoms with van der Waals surface area (Å²) in [4.78, 5) is 11.3. The maximum absolute atomic E-state index is 13.5. The molecule has 0 aromatic heterocycles. The Morgan fingerprint density at radius 1 is 1.00 bits per heavy atom. The molecule has 0 saturated heterocycles. The first-order chi connectivity index (χ1) is 15.5. The van der Waals surface area contributed by atoms with Gasteiger partial charge in [0.05, 0.1) is 0 Å². The minimum atomic E-state index is -5.09. The summed E-state index contributed by atoms with van der Waals surface area (Å²) < 4.78 is 98.6. The first-order valence-electron chi connectivity index (χ1n) is 11.5. The standard InChI is InChI=1S/C23H29F5O5S/c1-20-10-8-14(32-19(29)23(26,27)28)12-13(20)4-5-15-16-6-7-18(21(16,2)11-9-17(15)20)33-34(30,31)22(3,24)25/h4,7,14-17H,5-6,8-12H2,1-3H3/t14-,15-,16-,17-,20-,21-/m0/s1. The number of esters is 1. The number of carbonyl (C=O) groups is 1. The highest BCUT2D eigenvalue weighted by atomic mass is 32.2. The van der Waals surface area contributed by atoms with Crippen LogP contribution in [0.2, 0.25) is 0 Å².